The third-order valence-electron chi connectivity index (χ3n) is 5.83. The first-order valence-corrected chi connectivity index (χ1v) is 9.60. The molecule has 150 valence electrons. The van der Waals surface area contributed by atoms with E-state index >= 15 is 0 Å². The number of carbonyl (C=O) groups is 1. The zero-order chi connectivity index (χ0) is 21.3. The average molecular weight is 409 g/mol. The van der Waals surface area contributed by atoms with Crippen LogP contribution in [-0.2, 0) is 10.2 Å². The van der Waals surface area contributed by atoms with Crippen molar-refractivity contribution < 1.29 is 9.53 Å². The predicted octanol–water partition coefficient (Wildman–Crippen LogP) is 2.38. The van der Waals surface area contributed by atoms with Crippen LogP contribution in [0.5, 0.6) is 5.88 Å². The minimum Gasteiger partial charge on any atom is -0.422 e. The maximum atomic E-state index is 13.5. The first kappa shape index (κ1) is 17.3. The molecule has 1 unspecified atom stereocenters. The molecular formula is C22H15N7O2. The number of rotatable bonds is 1. The Labute approximate surface area is 175 Å². The SMILES string of the molecule is Cc1nn(-c2nc3ccccc3[nH]2)c2c1C1(C(=O)Nc3ccccc31)C(C#N)=C(N)O2. The molecule has 2 aromatic heterocycles. The normalized spacial score (nSPS) is 19.2. The number of nitriles is 1. The number of amides is 1. The Morgan fingerprint density at radius 3 is 2.77 bits per heavy atom. The van der Waals surface area contributed by atoms with E-state index in [0.29, 0.717) is 28.5 Å². The first-order valence-electron chi connectivity index (χ1n) is 9.60. The highest BCUT2D eigenvalue weighted by atomic mass is 16.5. The lowest BCUT2D eigenvalue weighted by Gasteiger charge is -2.32. The highest BCUT2D eigenvalue weighted by molar-refractivity contribution is 6.12. The van der Waals surface area contributed by atoms with Crippen LogP contribution in [0.1, 0.15) is 16.8 Å². The standard InChI is InChI=1S/C22H15N7O2/c1-11-17-19(29(28-11)21-26-15-8-4-5-9-16(15)27-21)31-18(24)13(10-23)22(17)12-6-2-3-7-14(12)25-20(22)30/h2-9H,24H2,1H3,(H,25,30)(H,26,27). The number of imidazole rings is 1. The van der Waals surface area contributed by atoms with Crippen LogP contribution in [0.3, 0.4) is 0 Å². The summed E-state index contributed by atoms with van der Waals surface area (Å²) in [6, 6.07) is 16.9. The Bertz CT molecular complexity index is 1470. The molecule has 9 nitrogen and oxygen atoms in total. The molecule has 0 saturated carbocycles. The smallest absolute Gasteiger partial charge is 0.245 e. The number of aryl methyl sites for hydroxylation is 1. The Kier molecular flexibility index (Phi) is 3.20. The molecule has 4 N–H and O–H groups in total. The molecule has 31 heavy (non-hydrogen) atoms. The van der Waals surface area contributed by atoms with Crippen LogP contribution >= 0.6 is 0 Å². The maximum Gasteiger partial charge on any atom is 0.245 e. The highest BCUT2D eigenvalue weighted by Gasteiger charge is 2.58. The molecule has 2 aliphatic rings. The van der Waals surface area contributed by atoms with Gasteiger partial charge in [0, 0.05) is 11.3 Å². The summed E-state index contributed by atoms with van der Waals surface area (Å²) in [5.41, 5.74) is 8.63. The second-order valence-corrected chi connectivity index (χ2v) is 7.46. The zero-order valence-electron chi connectivity index (χ0n) is 16.3. The molecular weight excluding hydrogens is 394 g/mol. The summed E-state index contributed by atoms with van der Waals surface area (Å²) in [5.74, 6) is 0.157. The number of carbonyl (C=O) groups excluding carboxylic acids is 1. The maximum absolute atomic E-state index is 13.5. The first-order chi connectivity index (χ1) is 15.1. The minimum absolute atomic E-state index is 0.0368. The summed E-state index contributed by atoms with van der Waals surface area (Å²) >= 11 is 0. The van der Waals surface area contributed by atoms with Crippen LogP contribution in [-0.4, -0.2) is 25.7 Å². The van der Waals surface area contributed by atoms with Crippen molar-refractivity contribution in [1.82, 2.24) is 19.7 Å². The lowest BCUT2D eigenvalue weighted by atomic mass is 9.69. The Balaban J connectivity index is 1.69. The van der Waals surface area contributed by atoms with Crippen molar-refractivity contribution in [2.24, 2.45) is 5.73 Å². The quantitative estimate of drug-likeness (QED) is 0.442. The van der Waals surface area contributed by atoms with E-state index in [9.17, 15) is 10.1 Å². The molecule has 1 atom stereocenters. The van der Waals surface area contributed by atoms with Gasteiger partial charge in [0.05, 0.1) is 22.3 Å². The van der Waals surface area contributed by atoms with E-state index in [-0.39, 0.29) is 23.2 Å². The summed E-state index contributed by atoms with van der Waals surface area (Å²) in [7, 11) is 0. The van der Waals surface area contributed by atoms with Crippen molar-refractivity contribution in [2.75, 3.05) is 5.32 Å². The number of hydrogen-bond acceptors (Lipinski definition) is 6. The molecule has 0 bridgehead atoms. The van der Waals surface area contributed by atoms with Gasteiger partial charge in [-0.05, 0) is 25.1 Å². The molecule has 0 saturated heterocycles. The second kappa shape index (κ2) is 5.73. The Morgan fingerprint density at radius 2 is 1.97 bits per heavy atom. The Morgan fingerprint density at radius 1 is 1.19 bits per heavy atom. The number of fused-ring (bicyclic) bond motifs is 5. The molecule has 0 radical (unpaired) electrons. The number of nitrogens with one attached hydrogen (secondary N) is 2. The fraction of sp³-hybridized carbons (Fsp3) is 0.0909. The molecule has 1 spiro atoms. The number of para-hydroxylation sites is 3. The van der Waals surface area contributed by atoms with E-state index in [0.717, 1.165) is 11.0 Å². The van der Waals surface area contributed by atoms with Crippen LogP contribution in [0.2, 0.25) is 0 Å². The molecule has 1 amide bonds. The summed E-state index contributed by atoms with van der Waals surface area (Å²) in [6.45, 7) is 1.77. The molecule has 2 aromatic carbocycles. The van der Waals surface area contributed by atoms with Gasteiger partial charge in [-0.3, -0.25) is 4.79 Å². The lowest BCUT2D eigenvalue weighted by Crippen LogP contribution is -2.42. The summed E-state index contributed by atoms with van der Waals surface area (Å²) < 4.78 is 7.37. The number of aromatic amines is 1. The van der Waals surface area contributed by atoms with Gasteiger partial charge < -0.3 is 20.8 Å². The molecule has 6 rings (SSSR count). The van der Waals surface area contributed by atoms with Gasteiger partial charge in [-0.1, -0.05) is 30.3 Å². The summed E-state index contributed by atoms with van der Waals surface area (Å²) in [6.07, 6.45) is 0. The van der Waals surface area contributed by atoms with Crippen molar-refractivity contribution >= 4 is 22.6 Å². The topological polar surface area (TPSA) is 135 Å². The van der Waals surface area contributed by atoms with Gasteiger partial charge in [0.1, 0.15) is 17.1 Å². The molecule has 4 heterocycles. The third-order valence-corrected chi connectivity index (χ3v) is 5.83. The monoisotopic (exact) mass is 409 g/mol. The third kappa shape index (κ3) is 2.00. The number of aromatic nitrogens is 4. The van der Waals surface area contributed by atoms with Crippen molar-refractivity contribution in [1.29, 1.82) is 5.26 Å². The molecule has 2 aliphatic heterocycles. The molecule has 0 fully saturated rings. The van der Waals surface area contributed by atoms with Crippen LogP contribution in [0.15, 0.2) is 60.0 Å². The van der Waals surface area contributed by atoms with E-state index in [1.54, 1.807) is 13.0 Å². The van der Waals surface area contributed by atoms with Gasteiger partial charge in [-0.2, -0.15) is 15.0 Å². The molecule has 4 aromatic rings. The number of ether oxygens (including phenoxy) is 1. The van der Waals surface area contributed by atoms with Crippen LogP contribution in [0.25, 0.3) is 17.0 Å². The van der Waals surface area contributed by atoms with E-state index in [1.807, 2.05) is 42.5 Å². The highest BCUT2D eigenvalue weighted by Crippen LogP contribution is 2.54. The van der Waals surface area contributed by atoms with E-state index in [2.05, 4.69) is 26.5 Å². The number of benzene rings is 2. The number of nitrogens with two attached hydrogens (primary N) is 1. The van der Waals surface area contributed by atoms with Gasteiger partial charge in [-0.25, -0.2) is 4.98 Å². The van der Waals surface area contributed by atoms with Gasteiger partial charge >= 0.3 is 0 Å². The van der Waals surface area contributed by atoms with Crippen LogP contribution in [0.4, 0.5) is 5.69 Å². The minimum atomic E-state index is -1.45. The lowest BCUT2D eigenvalue weighted by molar-refractivity contribution is -0.118. The second-order valence-electron chi connectivity index (χ2n) is 7.46. The number of hydrogen-bond donors (Lipinski definition) is 3. The average Bonchev–Trinajstić information content (AvgIpc) is 3.41. The van der Waals surface area contributed by atoms with Gasteiger partial charge in [-0.15, -0.1) is 0 Å². The molecule has 9 heteroatoms. The summed E-state index contributed by atoms with van der Waals surface area (Å²) in [4.78, 5) is 21.3. The number of anilines is 1. The van der Waals surface area contributed by atoms with Crippen molar-refractivity contribution in [3.63, 3.8) is 0 Å². The Hall–Kier alpha value is -4.58. The van der Waals surface area contributed by atoms with Gasteiger partial charge in [0.25, 0.3) is 0 Å². The van der Waals surface area contributed by atoms with Gasteiger partial charge in [0.2, 0.25) is 23.6 Å². The van der Waals surface area contributed by atoms with E-state index < -0.39 is 5.41 Å². The van der Waals surface area contributed by atoms with Crippen molar-refractivity contribution in [2.45, 2.75) is 12.3 Å². The predicted molar refractivity (Wildman–Crippen MR) is 111 cm³/mol. The van der Waals surface area contributed by atoms with Crippen LogP contribution in [0, 0.1) is 18.3 Å². The van der Waals surface area contributed by atoms with Crippen molar-refractivity contribution in [3.05, 3.63) is 76.8 Å². The number of nitrogens with zero attached hydrogens (tertiary/aromatic N) is 4. The van der Waals surface area contributed by atoms with Gasteiger partial charge in [0.15, 0.2) is 0 Å². The number of H-pyrrole nitrogens is 1. The van der Waals surface area contributed by atoms with E-state index in [4.69, 9.17) is 10.5 Å². The largest absolute Gasteiger partial charge is 0.422 e. The molecule has 0 aliphatic carbocycles. The zero-order valence-corrected chi connectivity index (χ0v) is 16.3. The van der Waals surface area contributed by atoms with Crippen LogP contribution < -0.4 is 15.8 Å². The summed E-state index contributed by atoms with van der Waals surface area (Å²) in [5, 5.41) is 17.5. The van der Waals surface area contributed by atoms with E-state index in [1.165, 1.54) is 4.68 Å². The fourth-order valence-corrected chi connectivity index (χ4v) is 4.57. The van der Waals surface area contributed by atoms with Crippen molar-refractivity contribution in [3.8, 4) is 17.9 Å². The fourth-order valence-electron chi connectivity index (χ4n) is 4.57.